The summed E-state index contributed by atoms with van der Waals surface area (Å²) in [4.78, 5) is 12.0. The zero-order valence-electron chi connectivity index (χ0n) is 12.9. The Hall–Kier alpha value is -2.70. The van der Waals surface area contributed by atoms with Crippen LogP contribution in [0, 0.1) is 0 Å². The van der Waals surface area contributed by atoms with Crippen LogP contribution >= 0.6 is 0 Å². The van der Waals surface area contributed by atoms with Crippen LogP contribution < -0.4 is 9.80 Å². The standard InChI is InChI=1S/C17H16F2N4O/c18-17(19)14-10-16(21-11-20-14)23-6-4-22(5-7-23)13-1-2-15-12(9-13)3-8-24-15/h1-3,8-11,17H,4-7H2. The Labute approximate surface area is 137 Å². The maximum atomic E-state index is 12.8. The van der Waals surface area contributed by atoms with Crippen molar-refractivity contribution in [2.75, 3.05) is 36.0 Å². The second-order valence-electron chi connectivity index (χ2n) is 5.72. The van der Waals surface area contributed by atoms with Gasteiger partial charge in [0.25, 0.3) is 6.43 Å². The van der Waals surface area contributed by atoms with E-state index in [-0.39, 0.29) is 5.69 Å². The van der Waals surface area contributed by atoms with Crippen molar-refractivity contribution in [1.82, 2.24) is 9.97 Å². The van der Waals surface area contributed by atoms with Crippen LogP contribution in [0.1, 0.15) is 12.1 Å². The van der Waals surface area contributed by atoms with Gasteiger partial charge in [-0.25, -0.2) is 18.7 Å². The molecule has 2 aromatic heterocycles. The van der Waals surface area contributed by atoms with E-state index in [1.54, 1.807) is 6.26 Å². The molecule has 0 unspecified atom stereocenters. The average molecular weight is 330 g/mol. The van der Waals surface area contributed by atoms with Gasteiger partial charge >= 0.3 is 0 Å². The number of fused-ring (bicyclic) bond motifs is 1. The van der Waals surface area contributed by atoms with E-state index in [0.717, 1.165) is 42.8 Å². The first-order valence-electron chi connectivity index (χ1n) is 7.78. The minimum atomic E-state index is -2.57. The SMILES string of the molecule is FC(F)c1cc(N2CCN(c3ccc4occc4c3)CC2)ncn1. The second kappa shape index (κ2) is 6.07. The first kappa shape index (κ1) is 14.9. The number of hydrogen-bond acceptors (Lipinski definition) is 5. The Morgan fingerprint density at radius 3 is 2.54 bits per heavy atom. The van der Waals surface area contributed by atoms with Crippen molar-refractivity contribution in [1.29, 1.82) is 0 Å². The van der Waals surface area contributed by atoms with Gasteiger partial charge in [0.2, 0.25) is 0 Å². The first-order valence-corrected chi connectivity index (χ1v) is 7.78. The number of anilines is 2. The van der Waals surface area contributed by atoms with Crippen LogP contribution in [0.25, 0.3) is 11.0 Å². The summed E-state index contributed by atoms with van der Waals surface area (Å²) in [5.41, 5.74) is 1.78. The molecule has 0 bridgehead atoms. The molecule has 3 heterocycles. The quantitative estimate of drug-likeness (QED) is 0.736. The van der Waals surface area contributed by atoms with E-state index in [1.807, 2.05) is 23.1 Å². The highest BCUT2D eigenvalue weighted by Crippen LogP contribution is 2.25. The Kier molecular flexibility index (Phi) is 3.76. The average Bonchev–Trinajstić information content (AvgIpc) is 3.09. The third-order valence-electron chi connectivity index (χ3n) is 4.30. The molecule has 1 aliphatic heterocycles. The predicted octanol–water partition coefficient (Wildman–Crippen LogP) is 3.49. The molecule has 1 fully saturated rings. The molecule has 124 valence electrons. The fourth-order valence-corrected chi connectivity index (χ4v) is 3.00. The van der Waals surface area contributed by atoms with Gasteiger partial charge in [-0.2, -0.15) is 0 Å². The summed E-state index contributed by atoms with van der Waals surface area (Å²) in [6.45, 7) is 3.06. The zero-order valence-corrected chi connectivity index (χ0v) is 12.9. The van der Waals surface area contributed by atoms with Crippen molar-refractivity contribution in [3.05, 3.63) is 48.6 Å². The number of piperazine rings is 1. The Morgan fingerprint density at radius 2 is 1.75 bits per heavy atom. The van der Waals surface area contributed by atoms with Gasteiger partial charge in [-0.15, -0.1) is 0 Å². The van der Waals surface area contributed by atoms with Crippen molar-refractivity contribution < 1.29 is 13.2 Å². The highest BCUT2D eigenvalue weighted by atomic mass is 19.3. The number of nitrogens with zero attached hydrogens (tertiary/aromatic N) is 4. The van der Waals surface area contributed by atoms with Crippen molar-refractivity contribution in [2.45, 2.75) is 6.43 Å². The van der Waals surface area contributed by atoms with E-state index in [0.29, 0.717) is 5.82 Å². The minimum Gasteiger partial charge on any atom is -0.464 e. The van der Waals surface area contributed by atoms with Crippen LogP contribution in [-0.2, 0) is 0 Å². The summed E-state index contributed by atoms with van der Waals surface area (Å²) in [5, 5.41) is 1.08. The third-order valence-corrected chi connectivity index (χ3v) is 4.30. The molecule has 0 saturated carbocycles. The number of hydrogen-bond donors (Lipinski definition) is 0. The van der Waals surface area contributed by atoms with Gasteiger partial charge in [0.05, 0.1) is 6.26 Å². The molecule has 1 aliphatic rings. The normalized spacial score (nSPS) is 15.5. The molecule has 0 aliphatic carbocycles. The summed E-state index contributed by atoms with van der Waals surface area (Å²) < 4.78 is 30.9. The molecule has 0 amide bonds. The molecular weight excluding hydrogens is 314 g/mol. The first-order chi connectivity index (χ1) is 11.7. The lowest BCUT2D eigenvalue weighted by atomic mass is 10.2. The second-order valence-corrected chi connectivity index (χ2v) is 5.72. The van der Waals surface area contributed by atoms with E-state index in [1.165, 1.54) is 12.4 Å². The maximum Gasteiger partial charge on any atom is 0.280 e. The smallest absolute Gasteiger partial charge is 0.280 e. The van der Waals surface area contributed by atoms with Crippen molar-refractivity contribution in [3.8, 4) is 0 Å². The van der Waals surface area contributed by atoms with E-state index in [2.05, 4.69) is 20.9 Å². The molecule has 0 atom stereocenters. The zero-order chi connectivity index (χ0) is 16.5. The van der Waals surface area contributed by atoms with Crippen LogP contribution in [0.3, 0.4) is 0 Å². The van der Waals surface area contributed by atoms with Gasteiger partial charge in [0, 0.05) is 43.3 Å². The number of benzene rings is 1. The largest absolute Gasteiger partial charge is 0.464 e. The molecular formula is C17H16F2N4O. The monoisotopic (exact) mass is 330 g/mol. The molecule has 4 rings (SSSR count). The summed E-state index contributed by atoms with van der Waals surface area (Å²) in [7, 11) is 0. The van der Waals surface area contributed by atoms with Crippen molar-refractivity contribution in [2.24, 2.45) is 0 Å². The lowest BCUT2D eigenvalue weighted by molar-refractivity contribution is 0.146. The number of rotatable bonds is 3. The van der Waals surface area contributed by atoms with Crippen LogP contribution in [0.15, 0.2) is 47.3 Å². The Morgan fingerprint density at radius 1 is 0.958 bits per heavy atom. The minimum absolute atomic E-state index is 0.229. The van der Waals surface area contributed by atoms with Crippen LogP contribution in [0.4, 0.5) is 20.3 Å². The number of alkyl halides is 2. The number of aromatic nitrogens is 2. The van der Waals surface area contributed by atoms with Gasteiger partial charge in [-0.1, -0.05) is 0 Å². The molecule has 7 heteroatoms. The summed E-state index contributed by atoms with van der Waals surface area (Å²) >= 11 is 0. The summed E-state index contributed by atoms with van der Waals surface area (Å²) in [6.07, 6.45) is 0.313. The topological polar surface area (TPSA) is 45.4 Å². The Bertz CT molecular complexity index is 843. The maximum absolute atomic E-state index is 12.8. The van der Waals surface area contributed by atoms with Crippen LogP contribution in [-0.4, -0.2) is 36.1 Å². The van der Waals surface area contributed by atoms with Crippen LogP contribution in [0.2, 0.25) is 0 Å². The van der Waals surface area contributed by atoms with E-state index < -0.39 is 6.43 Å². The van der Waals surface area contributed by atoms with Crippen molar-refractivity contribution in [3.63, 3.8) is 0 Å². The number of furan rings is 1. The lowest BCUT2D eigenvalue weighted by Crippen LogP contribution is -2.46. The molecule has 0 N–H and O–H groups in total. The molecule has 24 heavy (non-hydrogen) atoms. The predicted molar refractivity (Wildman–Crippen MR) is 87.6 cm³/mol. The molecule has 3 aromatic rings. The van der Waals surface area contributed by atoms with Crippen molar-refractivity contribution >= 4 is 22.5 Å². The van der Waals surface area contributed by atoms with Gasteiger partial charge < -0.3 is 14.2 Å². The summed E-state index contributed by atoms with van der Waals surface area (Å²) in [6, 6.07) is 9.44. The summed E-state index contributed by atoms with van der Waals surface area (Å²) in [5.74, 6) is 0.560. The fraction of sp³-hybridized carbons (Fsp3) is 0.294. The molecule has 0 radical (unpaired) electrons. The van der Waals surface area contributed by atoms with E-state index in [9.17, 15) is 8.78 Å². The van der Waals surface area contributed by atoms with Crippen LogP contribution in [0.5, 0.6) is 0 Å². The molecule has 1 saturated heterocycles. The molecule has 5 nitrogen and oxygen atoms in total. The van der Waals surface area contributed by atoms with E-state index in [4.69, 9.17) is 4.42 Å². The highest BCUT2D eigenvalue weighted by Gasteiger charge is 2.20. The van der Waals surface area contributed by atoms with Gasteiger partial charge in [-0.3, -0.25) is 0 Å². The van der Waals surface area contributed by atoms with Gasteiger partial charge in [0.1, 0.15) is 23.4 Å². The van der Waals surface area contributed by atoms with E-state index >= 15 is 0 Å². The molecule has 1 aromatic carbocycles. The highest BCUT2D eigenvalue weighted by molar-refractivity contribution is 5.81. The Balaban J connectivity index is 1.47. The van der Waals surface area contributed by atoms with Gasteiger partial charge in [-0.05, 0) is 24.3 Å². The molecule has 0 spiro atoms. The van der Waals surface area contributed by atoms with Gasteiger partial charge in [0.15, 0.2) is 0 Å². The fourth-order valence-electron chi connectivity index (χ4n) is 3.00. The number of halogens is 2. The lowest BCUT2D eigenvalue weighted by Gasteiger charge is -2.36. The third kappa shape index (κ3) is 2.77.